The molecule has 1 aliphatic carbocycles. The predicted molar refractivity (Wildman–Crippen MR) is 107 cm³/mol. The number of ketones is 1. The number of piperidine rings is 1. The molecule has 1 N–H and O–H groups in total. The largest absolute Gasteiger partial charge is 0.508 e. The summed E-state index contributed by atoms with van der Waals surface area (Å²) in [5.74, 6) is 1.52. The Kier molecular flexibility index (Phi) is 7.31. The van der Waals surface area contributed by atoms with Crippen LogP contribution in [0.4, 0.5) is 0 Å². The zero-order chi connectivity index (χ0) is 19.1. The van der Waals surface area contributed by atoms with Gasteiger partial charge in [-0.15, -0.1) is 0 Å². The van der Waals surface area contributed by atoms with Gasteiger partial charge in [0, 0.05) is 31.8 Å². The number of Topliss-reactive ketones (excluding diaryl/α,β-unsaturated/α-hetero) is 1. The molecule has 2 unspecified atom stereocenters. The number of aromatic hydroxyl groups is 1. The summed E-state index contributed by atoms with van der Waals surface area (Å²) >= 11 is 0. The maximum Gasteiger partial charge on any atom is 0.222 e. The van der Waals surface area contributed by atoms with Crippen LogP contribution < -0.4 is 0 Å². The van der Waals surface area contributed by atoms with Gasteiger partial charge < -0.3 is 10.0 Å². The van der Waals surface area contributed by atoms with E-state index in [0.717, 1.165) is 37.3 Å². The predicted octanol–water partition coefficient (Wildman–Crippen LogP) is 4.64. The number of aryl methyl sites for hydroxylation is 1. The first-order valence-electron chi connectivity index (χ1n) is 10.7. The molecular formula is C23H33NO3. The molecule has 1 amide bonds. The minimum absolute atomic E-state index is 0.260. The Hall–Kier alpha value is -1.84. The zero-order valence-electron chi connectivity index (χ0n) is 16.4. The third kappa shape index (κ3) is 5.82. The van der Waals surface area contributed by atoms with Crippen molar-refractivity contribution in [3.63, 3.8) is 0 Å². The molecule has 4 nitrogen and oxygen atoms in total. The number of phenolic OH excluding ortho intramolecular Hbond substituents is 1. The van der Waals surface area contributed by atoms with E-state index in [1.807, 2.05) is 12.1 Å². The second-order valence-corrected chi connectivity index (χ2v) is 8.25. The highest BCUT2D eigenvalue weighted by atomic mass is 16.3. The van der Waals surface area contributed by atoms with Gasteiger partial charge in [-0.2, -0.15) is 0 Å². The van der Waals surface area contributed by atoms with Crippen molar-refractivity contribution in [2.45, 2.75) is 83.1 Å². The third-order valence-corrected chi connectivity index (χ3v) is 6.27. The molecule has 27 heavy (non-hydrogen) atoms. The molecule has 4 heteroatoms. The minimum atomic E-state index is 0.260. The Morgan fingerprint density at radius 3 is 2.44 bits per heavy atom. The monoisotopic (exact) mass is 371 g/mol. The highest BCUT2D eigenvalue weighted by Gasteiger charge is 2.35. The van der Waals surface area contributed by atoms with Gasteiger partial charge in [0.25, 0.3) is 0 Å². The Bertz CT molecular complexity index is 623. The van der Waals surface area contributed by atoms with Gasteiger partial charge in [-0.3, -0.25) is 9.59 Å². The summed E-state index contributed by atoms with van der Waals surface area (Å²) in [6, 6.07) is 7.63. The van der Waals surface area contributed by atoms with Crippen molar-refractivity contribution < 1.29 is 14.7 Å². The molecule has 2 aliphatic rings. The lowest BCUT2D eigenvalue weighted by molar-refractivity contribution is -0.137. The maximum atomic E-state index is 12.7. The summed E-state index contributed by atoms with van der Waals surface area (Å²) in [4.78, 5) is 26.9. The van der Waals surface area contributed by atoms with Crippen molar-refractivity contribution in [3.8, 4) is 5.75 Å². The van der Waals surface area contributed by atoms with Crippen LogP contribution in [-0.4, -0.2) is 34.3 Å². The Labute approximate surface area is 163 Å². The van der Waals surface area contributed by atoms with Gasteiger partial charge >= 0.3 is 0 Å². The van der Waals surface area contributed by atoms with Crippen molar-refractivity contribution in [1.82, 2.24) is 4.90 Å². The normalized spacial score (nSPS) is 22.3. The van der Waals surface area contributed by atoms with E-state index >= 15 is 0 Å². The van der Waals surface area contributed by atoms with Crippen molar-refractivity contribution in [1.29, 1.82) is 0 Å². The summed E-state index contributed by atoms with van der Waals surface area (Å²) in [5.41, 5.74) is 1.14. The van der Waals surface area contributed by atoms with Crippen molar-refractivity contribution in [2.24, 2.45) is 5.92 Å². The van der Waals surface area contributed by atoms with E-state index in [1.54, 1.807) is 12.1 Å². The second-order valence-electron chi connectivity index (χ2n) is 8.25. The molecule has 0 bridgehead atoms. The summed E-state index contributed by atoms with van der Waals surface area (Å²) in [7, 11) is 0. The molecule has 1 saturated carbocycles. The Balaban J connectivity index is 1.33. The van der Waals surface area contributed by atoms with Crippen LogP contribution in [0, 0.1) is 5.92 Å². The summed E-state index contributed by atoms with van der Waals surface area (Å²) in [6.45, 7) is 0.917. The molecule has 1 aromatic carbocycles. The molecule has 1 aromatic rings. The van der Waals surface area contributed by atoms with Crippen LogP contribution in [0.3, 0.4) is 0 Å². The van der Waals surface area contributed by atoms with E-state index in [9.17, 15) is 14.7 Å². The van der Waals surface area contributed by atoms with Gasteiger partial charge in [0.2, 0.25) is 5.91 Å². The first-order valence-corrected chi connectivity index (χ1v) is 10.7. The van der Waals surface area contributed by atoms with E-state index < -0.39 is 0 Å². The fourth-order valence-electron chi connectivity index (χ4n) is 4.79. The van der Waals surface area contributed by atoms with Gasteiger partial charge in [0.15, 0.2) is 0 Å². The number of carbonyl (C=O) groups excluding carboxylic acids is 2. The topological polar surface area (TPSA) is 57.6 Å². The van der Waals surface area contributed by atoms with Gasteiger partial charge in [0.05, 0.1) is 0 Å². The number of nitrogens with zero attached hydrogens (tertiary/aromatic N) is 1. The van der Waals surface area contributed by atoms with E-state index in [0.29, 0.717) is 31.7 Å². The highest BCUT2D eigenvalue weighted by molar-refractivity contribution is 5.80. The van der Waals surface area contributed by atoms with E-state index in [2.05, 4.69) is 4.90 Å². The Morgan fingerprint density at radius 2 is 1.63 bits per heavy atom. The lowest BCUT2D eigenvalue weighted by atomic mass is 9.78. The van der Waals surface area contributed by atoms with Crippen molar-refractivity contribution in [2.75, 3.05) is 6.54 Å². The first kappa shape index (κ1) is 19.9. The number of likely N-dealkylation sites (tertiary alicyclic amines) is 1. The number of phenols is 1. The van der Waals surface area contributed by atoms with Crippen LogP contribution in [-0.2, 0) is 16.0 Å². The SMILES string of the molecule is O=C(CCCC(=O)N1CCCC2CCCCC21)CCCc1ccc(O)cc1. The van der Waals surface area contributed by atoms with Crippen LogP contribution in [0.25, 0.3) is 0 Å². The van der Waals surface area contributed by atoms with Crippen LogP contribution in [0.1, 0.15) is 76.2 Å². The molecule has 148 valence electrons. The molecule has 3 rings (SSSR count). The average molecular weight is 372 g/mol. The fraction of sp³-hybridized carbons (Fsp3) is 0.652. The van der Waals surface area contributed by atoms with Gasteiger partial charge in [0.1, 0.15) is 11.5 Å². The van der Waals surface area contributed by atoms with Crippen molar-refractivity contribution >= 4 is 11.7 Å². The number of carbonyl (C=O) groups is 2. The standard InChI is InChI=1S/C23H33NO3/c25-20(9-3-6-18-13-15-21(26)16-14-18)10-4-12-23(27)24-17-5-8-19-7-1-2-11-22(19)24/h13-16,19,22,26H,1-12,17H2. The molecule has 2 fully saturated rings. The van der Waals surface area contributed by atoms with E-state index in [4.69, 9.17) is 0 Å². The smallest absolute Gasteiger partial charge is 0.222 e. The first-order chi connectivity index (χ1) is 13.1. The van der Waals surface area contributed by atoms with Gasteiger partial charge in [-0.25, -0.2) is 0 Å². The highest BCUT2D eigenvalue weighted by Crippen LogP contribution is 2.35. The summed E-state index contributed by atoms with van der Waals surface area (Å²) in [6.07, 6.45) is 11.4. The van der Waals surface area contributed by atoms with Crippen LogP contribution in [0.5, 0.6) is 5.75 Å². The lowest BCUT2D eigenvalue weighted by Gasteiger charge is -2.44. The fourth-order valence-corrected chi connectivity index (χ4v) is 4.79. The number of hydrogen-bond acceptors (Lipinski definition) is 3. The Morgan fingerprint density at radius 1 is 0.926 bits per heavy atom. The van der Waals surface area contributed by atoms with Crippen LogP contribution >= 0.6 is 0 Å². The molecule has 2 atom stereocenters. The second kappa shape index (κ2) is 9.91. The lowest BCUT2D eigenvalue weighted by Crippen LogP contribution is -2.49. The van der Waals surface area contributed by atoms with Crippen LogP contribution in [0.15, 0.2) is 24.3 Å². The molecule has 1 saturated heterocycles. The van der Waals surface area contributed by atoms with Gasteiger partial charge in [-0.1, -0.05) is 25.0 Å². The summed E-state index contributed by atoms with van der Waals surface area (Å²) in [5, 5.41) is 9.29. The van der Waals surface area contributed by atoms with Crippen LogP contribution in [0.2, 0.25) is 0 Å². The average Bonchev–Trinajstić information content (AvgIpc) is 2.69. The van der Waals surface area contributed by atoms with E-state index in [1.165, 1.54) is 32.1 Å². The van der Waals surface area contributed by atoms with E-state index in [-0.39, 0.29) is 17.4 Å². The summed E-state index contributed by atoms with van der Waals surface area (Å²) < 4.78 is 0. The maximum absolute atomic E-state index is 12.7. The number of benzene rings is 1. The number of fused-ring (bicyclic) bond motifs is 1. The molecule has 1 aliphatic heterocycles. The number of hydrogen-bond donors (Lipinski definition) is 1. The zero-order valence-corrected chi connectivity index (χ0v) is 16.4. The molecule has 0 aromatic heterocycles. The molecular weight excluding hydrogens is 338 g/mol. The van der Waals surface area contributed by atoms with Gasteiger partial charge in [-0.05, 0) is 68.6 Å². The third-order valence-electron chi connectivity index (χ3n) is 6.27. The number of amides is 1. The number of rotatable bonds is 8. The molecule has 1 heterocycles. The molecule has 0 spiro atoms. The minimum Gasteiger partial charge on any atom is -0.508 e. The van der Waals surface area contributed by atoms with Crippen molar-refractivity contribution in [3.05, 3.63) is 29.8 Å². The quantitative estimate of drug-likeness (QED) is 0.724. The molecule has 0 radical (unpaired) electrons.